The number of nitrogens with zero attached hydrogens (tertiary/aromatic N) is 1. The molecule has 1 heterocycles. The van der Waals surface area contributed by atoms with Gasteiger partial charge in [-0.15, -0.1) is 0 Å². The van der Waals surface area contributed by atoms with Crippen molar-refractivity contribution >= 4 is 17.6 Å². The van der Waals surface area contributed by atoms with Crippen molar-refractivity contribution < 1.29 is 18.7 Å². The number of oxazole rings is 1. The van der Waals surface area contributed by atoms with Crippen LogP contribution in [0.15, 0.2) is 28.7 Å². The van der Waals surface area contributed by atoms with Crippen LogP contribution in [-0.2, 0) is 9.53 Å². The van der Waals surface area contributed by atoms with Crippen LogP contribution in [0.2, 0.25) is 0 Å². The molecule has 6 heteroatoms. The fraction of sp³-hybridized carbons (Fsp3) is 0.312. The Balaban J connectivity index is 2.10. The zero-order valence-electron chi connectivity index (χ0n) is 13.0. The molecule has 0 radical (unpaired) electrons. The first-order chi connectivity index (χ1) is 10.4. The van der Waals surface area contributed by atoms with Gasteiger partial charge in [-0.2, -0.15) is 0 Å². The second-order valence-corrected chi connectivity index (χ2v) is 4.96. The summed E-state index contributed by atoms with van der Waals surface area (Å²) in [6.07, 6.45) is 0. The number of carbonyl (C=O) groups excluding carboxylic acids is 2. The van der Waals surface area contributed by atoms with Gasteiger partial charge in [-0.1, -0.05) is 12.1 Å². The average Bonchev–Trinajstić information content (AvgIpc) is 2.85. The van der Waals surface area contributed by atoms with E-state index < -0.39 is 0 Å². The monoisotopic (exact) mass is 302 g/mol. The molecule has 0 fully saturated rings. The van der Waals surface area contributed by atoms with Crippen LogP contribution in [0.1, 0.15) is 40.5 Å². The standard InChI is InChI=1S/C16H18N2O4/c1-9(16(20)21-4)12-5-7-13(8-6-12)18-15(19)14-10(2)22-11(3)17-14/h5-9H,1-4H3,(H,18,19)/t9-/m1/s1. The Bertz CT molecular complexity index is 689. The lowest BCUT2D eigenvalue weighted by molar-refractivity contribution is -0.141. The quantitative estimate of drug-likeness (QED) is 0.878. The van der Waals surface area contributed by atoms with Crippen LogP contribution in [-0.4, -0.2) is 24.0 Å². The molecule has 1 N–H and O–H groups in total. The van der Waals surface area contributed by atoms with Gasteiger partial charge in [0.1, 0.15) is 5.76 Å². The van der Waals surface area contributed by atoms with E-state index in [9.17, 15) is 9.59 Å². The molecule has 1 aromatic carbocycles. The van der Waals surface area contributed by atoms with Gasteiger partial charge in [0.25, 0.3) is 5.91 Å². The van der Waals surface area contributed by atoms with Crippen LogP contribution in [0.5, 0.6) is 0 Å². The number of methoxy groups -OCH3 is 1. The van der Waals surface area contributed by atoms with E-state index in [0.717, 1.165) is 5.56 Å². The highest BCUT2D eigenvalue weighted by molar-refractivity contribution is 6.03. The third-order valence-electron chi connectivity index (χ3n) is 3.34. The number of aryl methyl sites for hydroxylation is 2. The molecule has 6 nitrogen and oxygen atoms in total. The number of esters is 1. The summed E-state index contributed by atoms with van der Waals surface area (Å²) in [5.41, 5.74) is 1.70. The van der Waals surface area contributed by atoms with Crippen molar-refractivity contribution in [1.82, 2.24) is 4.98 Å². The molecule has 0 bridgehead atoms. The zero-order chi connectivity index (χ0) is 16.3. The van der Waals surface area contributed by atoms with E-state index in [2.05, 4.69) is 10.3 Å². The van der Waals surface area contributed by atoms with Gasteiger partial charge in [0.15, 0.2) is 11.6 Å². The summed E-state index contributed by atoms with van der Waals surface area (Å²) in [6, 6.07) is 7.01. The third kappa shape index (κ3) is 3.33. The van der Waals surface area contributed by atoms with Crippen molar-refractivity contribution in [3.63, 3.8) is 0 Å². The average molecular weight is 302 g/mol. The predicted molar refractivity (Wildman–Crippen MR) is 80.8 cm³/mol. The number of ether oxygens (including phenoxy) is 1. The lowest BCUT2D eigenvalue weighted by atomic mass is 10.0. The number of rotatable bonds is 4. The first kappa shape index (κ1) is 15.8. The van der Waals surface area contributed by atoms with E-state index in [1.807, 2.05) is 0 Å². The maximum atomic E-state index is 12.1. The molecule has 0 aliphatic carbocycles. The zero-order valence-corrected chi connectivity index (χ0v) is 13.0. The van der Waals surface area contributed by atoms with E-state index in [1.165, 1.54) is 7.11 Å². The Morgan fingerprint density at radius 1 is 1.23 bits per heavy atom. The Kier molecular flexibility index (Phi) is 4.60. The molecular weight excluding hydrogens is 284 g/mol. The molecule has 2 rings (SSSR count). The van der Waals surface area contributed by atoms with E-state index >= 15 is 0 Å². The minimum absolute atomic E-state index is 0.268. The minimum atomic E-state index is -0.352. The molecule has 0 unspecified atom stereocenters. The van der Waals surface area contributed by atoms with Gasteiger partial charge in [0, 0.05) is 12.6 Å². The van der Waals surface area contributed by atoms with Crippen molar-refractivity contribution in [3.05, 3.63) is 47.2 Å². The Morgan fingerprint density at radius 3 is 2.36 bits per heavy atom. The van der Waals surface area contributed by atoms with Crippen LogP contribution in [0.25, 0.3) is 0 Å². The fourth-order valence-electron chi connectivity index (χ4n) is 2.10. The maximum Gasteiger partial charge on any atom is 0.312 e. The van der Waals surface area contributed by atoms with Crippen LogP contribution in [0.4, 0.5) is 5.69 Å². The van der Waals surface area contributed by atoms with Crippen LogP contribution in [0, 0.1) is 13.8 Å². The fourth-order valence-corrected chi connectivity index (χ4v) is 2.10. The number of anilines is 1. The van der Waals surface area contributed by atoms with Gasteiger partial charge in [-0.3, -0.25) is 9.59 Å². The molecule has 22 heavy (non-hydrogen) atoms. The minimum Gasteiger partial charge on any atom is -0.469 e. The number of amides is 1. The number of aromatic nitrogens is 1. The van der Waals surface area contributed by atoms with Gasteiger partial charge < -0.3 is 14.5 Å². The topological polar surface area (TPSA) is 81.4 Å². The molecule has 1 aromatic heterocycles. The molecule has 2 aromatic rings. The van der Waals surface area contributed by atoms with Crippen molar-refractivity contribution in [2.75, 3.05) is 12.4 Å². The molecule has 0 saturated carbocycles. The van der Waals surface area contributed by atoms with Gasteiger partial charge >= 0.3 is 5.97 Å². The molecule has 0 aliphatic rings. The molecule has 116 valence electrons. The Morgan fingerprint density at radius 2 is 1.86 bits per heavy atom. The van der Waals surface area contributed by atoms with Crippen LogP contribution in [0.3, 0.4) is 0 Å². The molecule has 0 saturated heterocycles. The summed E-state index contributed by atoms with van der Waals surface area (Å²) in [5.74, 6) is -0.0559. The summed E-state index contributed by atoms with van der Waals surface area (Å²) < 4.78 is 9.95. The van der Waals surface area contributed by atoms with E-state index in [-0.39, 0.29) is 23.5 Å². The van der Waals surface area contributed by atoms with E-state index in [1.54, 1.807) is 45.0 Å². The van der Waals surface area contributed by atoms with E-state index in [4.69, 9.17) is 9.15 Å². The number of hydrogen-bond donors (Lipinski definition) is 1. The van der Waals surface area contributed by atoms with E-state index in [0.29, 0.717) is 17.3 Å². The normalized spacial score (nSPS) is 11.8. The SMILES string of the molecule is COC(=O)[C@H](C)c1ccc(NC(=O)c2nc(C)oc2C)cc1. The number of nitrogens with one attached hydrogen (secondary N) is 1. The van der Waals surface area contributed by atoms with Crippen molar-refractivity contribution in [3.8, 4) is 0 Å². The van der Waals surface area contributed by atoms with Crippen molar-refractivity contribution in [2.24, 2.45) is 0 Å². The van der Waals surface area contributed by atoms with Crippen molar-refractivity contribution in [2.45, 2.75) is 26.7 Å². The van der Waals surface area contributed by atoms with Crippen LogP contribution < -0.4 is 5.32 Å². The summed E-state index contributed by atoms with van der Waals surface area (Å²) in [6.45, 7) is 5.14. The Hall–Kier alpha value is -2.63. The molecule has 1 atom stereocenters. The summed E-state index contributed by atoms with van der Waals surface area (Å²) in [4.78, 5) is 27.6. The number of carbonyl (C=O) groups is 2. The number of benzene rings is 1. The molecular formula is C16H18N2O4. The molecule has 1 amide bonds. The van der Waals surface area contributed by atoms with Gasteiger partial charge in [-0.25, -0.2) is 4.98 Å². The highest BCUT2D eigenvalue weighted by Gasteiger charge is 2.17. The Labute approximate surface area is 128 Å². The lowest BCUT2D eigenvalue weighted by Gasteiger charge is -2.10. The highest BCUT2D eigenvalue weighted by atomic mass is 16.5. The van der Waals surface area contributed by atoms with Crippen LogP contribution >= 0.6 is 0 Å². The van der Waals surface area contributed by atoms with Crippen molar-refractivity contribution in [1.29, 1.82) is 0 Å². The lowest BCUT2D eigenvalue weighted by Crippen LogP contribution is -2.14. The first-order valence-electron chi connectivity index (χ1n) is 6.85. The van der Waals surface area contributed by atoms with Gasteiger partial charge in [-0.05, 0) is 31.5 Å². The van der Waals surface area contributed by atoms with Gasteiger partial charge in [0.05, 0.1) is 13.0 Å². The largest absolute Gasteiger partial charge is 0.469 e. The molecule has 0 aliphatic heterocycles. The maximum absolute atomic E-state index is 12.1. The smallest absolute Gasteiger partial charge is 0.312 e. The van der Waals surface area contributed by atoms with Gasteiger partial charge in [0.2, 0.25) is 0 Å². The summed E-state index contributed by atoms with van der Waals surface area (Å²) in [7, 11) is 1.36. The second-order valence-electron chi connectivity index (χ2n) is 4.96. The number of hydrogen-bond acceptors (Lipinski definition) is 5. The summed E-state index contributed by atoms with van der Waals surface area (Å²) >= 11 is 0. The second kappa shape index (κ2) is 6.43. The highest BCUT2D eigenvalue weighted by Crippen LogP contribution is 2.20. The third-order valence-corrected chi connectivity index (χ3v) is 3.34. The summed E-state index contributed by atoms with van der Waals surface area (Å²) in [5, 5.41) is 2.74. The molecule has 0 spiro atoms. The predicted octanol–water partition coefficient (Wildman–Crippen LogP) is 2.82. The first-order valence-corrected chi connectivity index (χ1v) is 6.85.